The molecule has 152 valence electrons. The molecule has 0 saturated heterocycles. The summed E-state index contributed by atoms with van der Waals surface area (Å²) in [5.41, 5.74) is 8.08. The molecule has 3 aromatic heterocycles. The van der Waals surface area contributed by atoms with Crippen molar-refractivity contribution in [2.24, 2.45) is 0 Å². The second kappa shape index (κ2) is 6.52. The lowest BCUT2D eigenvalue weighted by Gasteiger charge is -2.23. The van der Waals surface area contributed by atoms with Gasteiger partial charge >= 0.3 is 0 Å². The lowest BCUT2D eigenvalue weighted by atomic mass is 9.81. The molecule has 0 amide bonds. The summed E-state index contributed by atoms with van der Waals surface area (Å²) >= 11 is 0. The van der Waals surface area contributed by atoms with Crippen LogP contribution in [0.1, 0.15) is 37.7 Å². The van der Waals surface area contributed by atoms with E-state index in [4.69, 9.17) is 9.40 Å². The Labute approximate surface area is 181 Å². The van der Waals surface area contributed by atoms with Crippen molar-refractivity contribution in [1.29, 1.82) is 0 Å². The molecule has 3 heteroatoms. The Balaban J connectivity index is 1.69. The fraction of sp³-hybridized carbons (Fsp3) is 0.214. The van der Waals surface area contributed by atoms with Gasteiger partial charge in [-0.25, -0.2) is 0 Å². The quantitative estimate of drug-likeness (QED) is 0.299. The Morgan fingerprint density at radius 3 is 2.68 bits per heavy atom. The van der Waals surface area contributed by atoms with E-state index in [-0.39, 0.29) is 5.41 Å². The van der Waals surface area contributed by atoms with Crippen LogP contribution in [0.3, 0.4) is 0 Å². The molecule has 2 aromatic carbocycles. The fourth-order valence-electron chi connectivity index (χ4n) is 4.96. The first kappa shape index (κ1) is 18.3. The van der Waals surface area contributed by atoms with E-state index in [1.807, 2.05) is 24.7 Å². The summed E-state index contributed by atoms with van der Waals surface area (Å²) in [6.45, 7) is 6.82. The molecule has 31 heavy (non-hydrogen) atoms. The highest BCUT2D eigenvalue weighted by molar-refractivity contribution is 6.06. The Hall–Kier alpha value is -3.46. The van der Waals surface area contributed by atoms with Crippen molar-refractivity contribution >= 4 is 21.7 Å². The van der Waals surface area contributed by atoms with Gasteiger partial charge in [-0.1, -0.05) is 45.0 Å². The fourth-order valence-corrected chi connectivity index (χ4v) is 4.96. The number of pyridine rings is 2. The Morgan fingerprint density at radius 1 is 0.935 bits per heavy atom. The molecule has 0 bridgehead atoms. The van der Waals surface area contributed by atoms with Crippen molar-refractivity contribution in [3.63, 3.8) is 0 Å². The highest BCUT2D eigenvalue weighted by atomic mass is 16.3. The monoisotopic (exact) mass is 404 g/mol. The molecule has 6 rings (SSSR count). The van der Waals surface area contributed by atoms with Crippen LogP contribution in [0, 0.1) is 0 Å². The molecule has 0 fully saturated rings. The summed E-state index contributed by atoms with van der Waals surface area (Å²) in [6, 6.07) is 17.3. The first-order chi connectivity index (χ1) is 15.0. The van der Waals surface area contributed by atoms with Crippen LogP contribution in [0.25, 0.3) is 44.1 Å². The van der Waals surface area contributed by atoms with Crippen molar-refractivity contribution in [2.75, 3.05) is 0 Å². The van der Waals surface area contributed by atoms with Gasteiger partial charge in [-0.15, -0.1) is 0 Å². The minimum Gasteiger partial charge on any atom is -0.460 e. The van der Waals surface area contributed by atoms with Crippen LogP contribution in [0.5, 0.6) is 0 Å². The Kier molecular flexibility index (Phi) is 3.85. The van der Waals surface area contributed by atoms with Crippen molar-refractivity contribution in [1.82, 2.24) is 9.97 Å². The second-order valence-electron chi connectivity index (χ2n) is 9.46. The average molecular weight is 405 g/mol. The highest BCUT2D eigenvalue weighted by Crippen LogP contribution is 2.44. The van der Waals surface area contributed by atoms with Crippen LogP contribution >= 0.6 is 0 Å². The van der Waals surface area contributed by atoms with E-state index < -0.39 is 0 Å². The summed E-state index contributed by atoms with van der Waals surface area (Å²) in [5.74, 6) is 1.06. The number of hydrogen-bond acceptors (Lipinski definition) is 3. The average Bonchev–Trinajstić information content (AvgIpc) is 3.17. The largest absolute Gasteiger partial charge is 0.460 e. The molecular weight excluding hydrogens is 380 g/mol. The van der Waals surface area contributed by atoms with Crippen LogP contribution in [0.2, 0.25) is 0 Å². The van der Waals surface area contributed by atoms with Gasteiger partial charge in [0, 0.05) is 36.1 Å². The predicted octanol–water partition coefficient (Wildman–Crippen LogP) is 7.11. The number of aryl methyl sites for hydroxylation is 2. The van der Waals surface area contributed by atoms with Gasteiger partial charge in [0.1, 0.15) is 11.3 Å². The minimum atomic E-state index is 0.0254. The predicted molar refractivity (Wildman–Crippen MR) is 126 cm³/mol. The number of hydrogen-bond donors (Lipinski definition) is 0. The zero-order valence-corrected chi connectivity index (χ0v) is 18.1. The molecule has 0 atom stereocenters. The molecule has 0 radical (unpaired) electrons. The Morgan fingerprint density at radius 2 is 1.81 bits per heavy atom. The van der Waals surface area contributed by atoms with E-state index >= 15 is 0 Å². The van der Waals surface area contributed by atoms with Gasteiger partial charge in [0.25, 0.3) is 0 Å². The number of benzene rings is 2. The van der Waals surface area contributed by atoms with Gasteiger partial charge in [-0.3, -0.25) is 9.97 Å². The molecular formula is C28H24N2O. The zero-order valence-electron chi connectivity index (χ0n) is 18.1. The van der Waals surface area contributed by atoms with E-state index in [2.05, 4.69) is 68.2 Å². The van der Waals surface area contributed by atoms with E-state index in [1.54, 1.807) is 0 Å². The summed E-state index contributed by atoms with van der Waals surface area (Å²) in [5, 5.41) is 3.65. The van der Waals surface area contributed by atoms with E-state index in [9.17, 15) is 0 Å². The number of aromatic nitrogens is 2. The van der Waals surface area contributed by atoms with Crippen molar-refractivity contribution in [3.8, 4) is 22.4 Å². The van der Waals surface area contributed by atoms with Gasteiger partial charge in [-0.05, 0) is 63.6 Å². The minimum absolute atomic E-state index is 0.0254. The van der Waals surface area contributed by atoms with E-state index in [0.29, 0.717) is 0 Å². The zero-order chi connectivity index (χ0) is 21.2. The third-order valence-electron chi connectivity index (χ3n) is 6.41. The summed E-state index contributed by atoms with van der Waals surface area (Å²) in [4.78, 5) is 9.23. The van der Waals surface area contributed by atoms with Crippen molar-refractivity contribution in [3.05, 3.63) is 84.0 Å². The molecule has 0 aliphatic heterocycles. The van der Waals surface area contributed by atoms with Crippen LogP contribution in [0.15, 0.2) is 71.5 Å². The topological polar surface area (TPSA) is 38.9 Å². The van der Waals surface area contributed by atoms with Crippen LogP contribution in [-0.4, -0.2) is 9.97 Å². The molecule has 0 saturated carbocycles. The van der Waals surface area contributed by atoms with Gasteiger partial charge in [0.05, 0.1) is 11.1 Å². The van der Waals surface area contributed by atoms with Gasteiger partial charge in [-0.2, -0.15) is 0 Å². The number of rotatable bonds is 1. The number of furan rings is 1. The second-order valence-corrected chi connectivity index (χ2v) is 9.46. The number of nitrogens with zero attached hydrogens (tertiary/aromatic N) is 2. The normalized spacial score (nSPS) is 13.4. The maximum absolute atomic E-state index is 6.33. The van der Waals surface area contributed by atoms with Gasteiger partial charge in [0.15, 0.2) is 0 Å². The summed E-state index contributed by atoms with van der Waals surface area (Å²) < 4.78 is 6.33. The smallest absolute Gasteiger partial charge is 0.138 e. The maximum Gasteiger partial charge on any atom is 0.138 e. The summed E-state index contributed by atoms with van der Waals surface area (Å²) in [6.07, 6.45) is 7.58. The molecule has 3 nitrogen and oxygen atoms in total. The third kappa shape index (κ3) is 2.80. The van der Waals surface area contributed by atoms with E-state index in [0.717, 1.165) is 40.8 Å². The van der Waals surface area contributed by atoms with Crippen LogP contribution in [0.4, 0.5) is 0 Å². The van der Waals surface area contributed by atoms with E-state index in [1.165, 1.54) is 33.0 Å². The molecule has 0 spiro atoms. The third-order valence-corrected chi connectivity index (χ3v) is 6.41. The van der Waals surface area contributed by atoms with Crippen molar-refractivity contribution in [2.45, 2.75) is 39.0 Å². The summed E-state index contributed by atoms with van der Waals surface area (Å²) in [7, 11) is 0. The lowest BCUT2D eigenvalue weighted by Crippen LogP contribution is -2.12. The molecule has 1 aliphatic rings. The molecule has 0 unspecified atom stereocenters. The molecule has 3 heterocycles. The molecule has 0 N–H and O–H groups in total. The molecule has 5 aromatic rings. The van der Waals surface area contributed by atoms with Crippen LogP contribution < -0.4 is 0 Å². The number of fused-ring (bicyclic) bond motifs is 6. The molecule has 1 aliphatic carbocycles. The SMILES string of the molecule is CC(C)(C)c1cc(-c2nccc3oc4c(c23)-c2ccncc2CC4)cc2ccccc12. The lowest BCUT2D eigenvalue weighted by molar-refractivity contribution is 0.545. The van der Waals surface area contributed by atoms with Crippen LogP contribution in [-0.2, 0) is 18.3 Å². The van der Waals surface area contributed by atoms with Gasteiger partial charge < -0.3 is 4.42 Å². The first-order valence-corrected chi connectivity index (χ1v) is 10.9. The van der Waals surface area contributed by atoms with Gasteiger partial charge in [0.2, 0.25) is 0 Å². The first-order valence-electron chi connectivity index (χ1n) is 10.9. The van der Waals surface area contributed by atoms with Crippen molar-refractivity contribution < 1.29 is 4.42 Å². The standard InChI is InChI=1S/C28H24N2O/c1-28(2,3)22-15-19(14-17-6-4-5-7-20(17)22)27-26-24(11-13-30-27)31-23-9-8-18-16-29-12-10-21(18)25(23)26/h4-7,10-16H,8-9H2,1-3H3. The Bertz CT molecular complexity index is 1470. The maximum atomic E-state index is 6.33. The highest BCUT2D eigenvalue weighted by Gasteiger charge is 2.26.